The first-order valence-corrected chi connectivity index (χ1v) is 9.31. The van der Waals surface area contributed by atoms with E-state index in [0.717, 1.165) is 31.9 Å². The van der Waals surface area contributed by atoms with E-state index in [4.69, 9.17) is 4.74 Å². The smallest absolute Gasteiger partial charge is 0.254 e. The highest BCUT2D eigenvalue weighted by molar-refractivity contribution is 5.93. The van der Waals surface area contributed by atoms with Crippen LogP contribution in [-0.4, -0.2) is 55.7 Å². The molecule has 2 aromatic rings. The summed E-state index contributed by atoms with van der Waals surface area (Å²) in [6, 6.07) is 8.12. The molecule has 7 heteroatoms. The summed E-state index contributed by atoms with van der Waals surface area (Å²) < 4.78 is 5.21. The Bertz CT molecular complexity index is 738. The highest BCUT2D eigenvalue weighted by Crippen LogP contribution is 2.21. The number of hydrogen-bond acceptors (Lipinski definition) is 6. The molecule has 0 saturated carbocycles. The van der Waals surface area contributed by atoms with Crippen molar-refractivity contribution in [1.82, 2.24) is 15.3 Å². The Morgan fingerprint density at radius 2 is 1.67 bits per heavy atom. The molecule has 0 aliphatic carbocycles. The summed E-state index contributed by atoms with van der Waals surface area (Å²) in [7, 11) is 1.67. The monoisotopic (exact) mass is 369 g/mol. The highest BCUT2D eigenvalue weighted by atomic mass is 16.5. The number of hydrogen-bond donors (Lipinski definition) is 1. The van der Waals surface area contributed by atoms with Gasteiger partial charge < -0.3 is 19.9 Å². The SMILES string of the molecule is COc1ccc(N2CCN(c3ncc(C(=O)NCC(C)C)cn3)CC2)cc1. The van der Waals surface area contributed by atoms with E-state index in [9.17, 15) is 4.79 Å². The minimum absolute atomic E-state index is 0.125. The molecule has 1 aromatic carbocycles. The fraction of sp³-hybridized carbons (Fsp3) is 0.450. The molecule has 1 amide bonds. The lowest BCUT2D eigenvalue weighted by atomic mass is 10.2. The number of ether oxygens (including phenoxy) is 1. The molecule has 0 atom stereocenters. The van der Waals surface area contributed by atoms with Crippen molar-refractivity contribution in [3.05, 3.63) is 42.2 Å². The van der Waals surface area contributed by atoms with Gasteiger partial charge in [-0.2, -0.15) is 0 Å². The van der Waals surface area contributed by atoms with Crippen LogP contribution in [0, 0.1) is 5.92 Å². The number of piperazine rings is 1. The molecule has 0 bridgehead atoms. The van der Waals surface area contributed by atoms with Crippen molar-refractivity contribution < 1.29 is 9.53 Å². The van der Waals surface area contributed by atoms with Gasteiger partial charge in [-0.05, 0) is 30.2 Å². The average molecular weight is 369 g/mol. The Morgan fingerprint density at radius 3 is 2.22 bits per heavy atom. The topological polar surface area (TPSA) is 70.6 Å². The van der Waals surface area contributed by atoms with Gasteiger partial charge in [0.1, 0.15) is 5.75 Å². The van der Waals surface area contributed by atoms with Gasteiger partial charge in [0.25, 0.3) is 5.91 Å². The normalized spacial score (nSPS) is 14.4. The molecule has 144 valence electrons. The van der Waals surface area contributed by atoms with Gasteiger partial charge in [0, 0.05) is 50.8 Å². The number of carbonyl (C=O) groups excluding carboxylic acids is 1. The lowest BCUT2D eigenvalue weighted by Crippen LogP contribution is -2.47. The van der Waals surface area contributed by atoms with Crippen molar-refractivity contribution in [1.29, 1.82) is 0 Å². The van der Waals surface area contributed by atoms with Crippen molar-refractivity contribution in [3.8, 4) is 5.75 Å². The molecule has 2 heterocycles. The van der Waals surface area contributed by atoms with Crippen LogP contribution in [0.2, 0.25) is 0 Å². The molecule has 7 nitrogen and oxygen atoms in total. The van der Waals surface area contributed by atoms with E-state index >= 15 is 0 Å². The largest absolute Gasteiger partial charge is 0.497 e. The van der Waals surface area contributed by atoms with Crippen LogP contribution in [0.5, 0.6) is 5.75 Å². The number of anilines is 2. The lowest BCUT2D eigenvalue weighted by Gasteiger charge is -2.36. The van der Waals surface area contributed by atoms with Crippen molar-refractivity contribution in [2.24, 2.45) is 5.92 Å². The number of rotatable bonds is 6. The predicted octanol–water partition coefficient (Wildman–Crippen LogP) is 2.20. The quantitative estimate of drug-likeness (QED) is 0.842. The molecular weight excluding hydrogens is 342 g/mol. The summed E-state index contributed by atoms with van der Waals surface area (Å²) in [4.78, 5) is 25.3. The summed E-state index contributed by atoms with van der Waals surface area (Å²) in [6.07, 6.45) is 3.21. The molecule has 1 N–H and O–H groups in total. The van der Waals surface area contributed by atoms with Gasteiger partial charge in [0.2, 0.25) is 5.95 Å². The maximum absolute atomic E-state index is 12.1. The van der Waals surface area contributed by atoms with Gasteiger partial charge in [-0.25, -0.2) is 9.97 Å². The van der Waals surface area contributed by atoms with E-state index in [1.807, 2.05) is 12.1 Å². The van der Waals surface area contributed by atoms with Crippen LogP contribution in [0.3, 0.4) is 0 Å². The van der Waals surface area contributed by atoms with E-state index in [-0.39, 0.29) is 5.91 Å². The minimum atomic E-state index is -0.125. The number of benzene rings is 1. The van der Waals surface area contributed by atoms with Gasteiger partial charge >= 0.3 is 0 Å². The highest BCUT2D eigenvalue weighted by Gasteiger charge is 2.19. The molecule has 1 aromatic heterocycles. The Balaban J connectivity index is 1.55. The number of aromatic nitrogens is 2. The van der Waals surface area contributed by atoms with E-state index in [2.05, 4.69) is 51.1 Å². The summed E-state index contributed by atoms with van der Waals surface area (Å²) in [5.74, 6) is 1.82. The van der Waals surface area contributed by atoms with E-state index in [1.165, 1.54) is 5.69 Å². The summed E-state index contributed by atoms with van der Waals surface area (Å²) in [6.45, 7) is 8.24. The molecular formula is C20H27N5O2. The van der Waals surface area contributed by atoms with Crippen LogP contribution in [0.4, 0.5) is 11.6 Å². The first-order chi connectivity index (χ1) is 13.1. The second-order valence-corrected chi connectivity index (χ2v) is 7.05. The van der Waals surface area contributed by atoms with Crippen LogP contribution in [-0.2, 0) is 0 Å². The van der Waals surface area contributed by atoms with Crippen LogP contribution in [0.15, 0.2) is 36.7 Å². The molecule has 1 aliphatic rings. The average Bonchev–Trinajstić information content (AvgIpc) is 2.72. The van der Waals surface area contributed by atoms with Crippen LogP contribution in [0.1, 0.15) is 24.2 Å². The van der Waals surface area contributed by atoms with Crippen molar-refractivity contribution in [2.75, 3.05) is 49.6 Å². The van der Waals surface area contributed by atoms with Crippen LogP contribution >= 0.6 is 0 Å². The fourth-order valence-corrected chi connectivity index (χ4v) is 2.96. The number of carbonyl (C=O) groups is 1. The van der Waals surface area contributed by atoms with Crippen molar-refractivity contribution >= 4 is 17.5 Å². The Hall–Kier alpha value is -2.83. The molecule has 0 radical (unpaired) electrons. The van der Waals surface area contributed by atoms with E-state index in [0.29, 0.717) is 24.0 Å². The summed E-state index contributed by atoms with van der Waals surface area (Å²) >= 11 is 0. The molecule has 1 aliphatic heterocycles. The zero-order chi connectivity index (χ0) is 19.2. The van der Waals surface area contributed by atoms with Gasteiger partial charge in [-0.3, -0.25) is 4.79 Å². The van der Waals surface area contributed by atoms with Gasteiger partial charge in [0.15, 0.2) is 0 Å². The molecule has 3 rings (SSSR count). The Kier molecular flexibility index (Phi) is 6.11. The summed E-state index contributed by atoms with van der Waals surface area (Å²) in [5.41, 5.74) is 1.69. The third-order valence-electron chi connectivity index (χ3n) is 4.57. The number of nitrogens with zero attached hydrogens (tertiary/aromatic N) is 4. The number of amides is 1. The molecule has 1 saturated heterocycles. The van der Waals surface area contributed by atoms with Gasteiger partial charge in [0.05, 0.1) is 12.7 Å². The Labute approximate surface area is 160 Å². The maximum Gasteiger partial charge on any atom is 0.254 e. The fourth-order valence-electron chi connectivity index (χ4n) is 2.96. The van der Waals surface area contributed by atoms with Gasteiger partial charge in [-0.1, -0.05) is 13.8 Å². The summed E-state index contributed by atoms with van der Waals surface area (Å²) in [5, 5.41) is 2.88. The minimum Gasteiger partial charge on any atom is -0.497 e. The standard InChI is InChI=1S/C20H27N5O2/c1-15(2)12-21-19(26)16-13-22-20(23-14-16)25-10-8-24(9-11-25)17-4-6-18(27-3)7-5-17/h4-7,13-15H,8-12H2,1-3H3,(H,21,26). The Morgan fingerprint density at radius 1 is 1.07 bits per heavy atom. The number of nitrogens with one attached hydrogen (secondary N) is 1. The van der Waals surface area contributed by atoms with Crippen LogP contribution < -0.4 is 19.9 Å². The van der Waals surface area contributed by atoms with E-state index < -0.39 is 0 Å². The van der Waals surface area contributed by atoms with Gasteiger partial charge in [-0.15, -0.1) is 0 Å². The van der Waals surface area contributed by atoms with Crippen molar-refractivity contribution in [3.63, 3.8) is 0 Å². The molecule has 0 unspecified atom stereocenters. The molecule has 0 spiro atoms. The molecule has 1 fully saturated rings. The zero-order valence-electron chi connectivity index (χ0n) is 16.2. The predicted molar refractivity (Wildman–Crippen MR) is 107 cm³/mol. The first kappa shape index (κ1) is 18.9. The second-order valence-electron chi connectivity index (χ2n) is 7.05. The maximum atomic E-state index is 12.1. The molecule has 27 heavy (non-hydrogen) atoms. The number of methoxy groups -OCH3 is 1. The zero-order valence-corrected chi connectivity index (χ0v) is 16.2. The third kappa shape index (κ3) is 4.87. The second kappa shape index (κ2) is 8.70. The van der Waals surface area contributed by atoms with Crippen LogP contribution in [0.25, 0.3) is 0 Å². The third-order valence-corrected chi connectivity index (χ3v) is 4.57. The van der Waals surface area contributed by atoms with E-state index in [1.54, 1.807) is 19.5 Å². The lowest BCUT2D eigenvalue weighted by molar-refractivity contribution is 0.0948. The van der Waals surface area contributed by atoms with Crippen molar-refractivity contribution in [2.45, 2.75) is 13.8 Å². The first-order valence-electron chi connectivity index (χ1n) is 9.31.